The molecule has 0 saturated carbocycles. The van der Waals surface area contributed by atoms with E-state index in [9.17, 15) is 4.39 Å². The van der Waals surface area contributed by atoms with Crippen LogP contribution in [-0.2, 0) is 6.42 Å². The number of rotatable bonds is 5. The van der Waals surface area contributed by atoms with Crippen LogP contribution in [0.1, 0.15) is 24.1 Å². The maximum Gasteiger partial charge on any atom is 0.123 e. The third-order valence-corrected chi connectivity index (χ3v) is 3.47. The fraction of sp³-hybridized carbons (Fsp3) is 0.294. The lowest BCUT2D eigenvalue weighted by molar-refractivity contribution is 0.622. The Morgan fingerprint density at radius 1 is 1.15 bits per heavy atom. The normalized spacial score (nSPS) is 12.2. The van der Waals surface area contributed by atoms with E-state index in [-0.39, 0.29) is 11.9 Å². The first kappa shape index (κ1) is 14.5. The molecule has 0 aliphatic heterocycles. The molecule has 0 aromatic heterocycles. The van der Waals surface area contributed by atoms with Gasteiger partial charge in [-0.1, -0.05) is 30.3 Å². The first-order valence-electron chi connectivity index (χ1n) is 6.88. The standard InChI is InChI=1S/C17H21FN2/c1-13(19)16-12-15(18)8-9-17(16)20(2)11-10-14-6-4-3-5-7-14/h3-9,12-13H,10-11,19H2,1-2H3/t13-/m1/s1. The van der Waals surface area contributed by atoms with Crippen LogP contribution in [0, 0.1) is 5.82 Å². The molecule has 2 aromatic rings. The summed E-state index contributed by atoms with van der Waals surface area (Å²) in [4.78, 5) is 2.13. The van der Waals surface area contributed by atoms with Crippen molar-refractivity contribution in [1.29, 1.82) is 0 Å². The van der Waals surface area contributed by atoms with Gasteiger partial charge in [0.2, 0.25) is 0 Å². The maximum atomic E-state index is 13.3. The molecule has 3 heteroatoms. The summed E-state index contributed by atoms with van der Waals surface area (Å²) in [6, 6.07) is 15.0. The molecule has 2 nitrogen and oxygen atoms in total. The van der Waals surface area contributed by atoms with Gasteiger partial charge >= 0.3 is 0 Å². The van der Waals surface area contributed by atoms with Crippen molar-refractivity contribution < 1.29 is 4.39 Å². The van der Waals surface area contributed by atoms with Gasteiger partial charge in [0.15, 0.2) is 0 Å². The average molecular weight is 272 g/mol. The minimum Gasteiger partial charge on any atom is -0.374 e. The van der Waals surface area contributed by atoms with E-state index in [0.717, 1.165) is 24.2 Å². The third-order valence-electron chi connectivity index (χ3n) is 3.47. The molecule has 106 valence electrons. The lowest BCUT2D eigenvalue weighted by Crippen LogP contribution is -2.23. The molecule has 0 unspecified atom stereocenters. The Hall–Kier alpha value is -1.87. The molecule has 2 rings (SSSR count). The van der Waals surface area contributed by atoms with Gasteiger partial charge in [0.25, 0.3) is 0 Å². The summed E-state index contributed by atoms with van der Waals surface area (Å²) in [5.74, 6) is -0.238. The highest BCUT2D eigenvalue weighted by atomic mass is 19.1. The van der Waals surface area contributed by atoms with E-state index < -0.39 is 0 Å². The predicted octanol–water partition coefficient (Wildman–Crippen LogP) is 3.52. The molecule has 0 radical (unpaired) electrons. The Morgan fingerprint density at radius 3 is 2.50 bits per heavy atom. The van der Waals surface area contributed by atoms with Crippen LogP contribution in [0.15, 0.2) is 48.5 Å². The van der Waals surface area contributed by atoms with Crippen molar-refractivity contribution in [1.82, 2.24) is 0 Å². The summed E-state index contributed by atoms with van der Waals surface area (Å²) in [7, 11) is 2.02. The zero-order chi connectivity index (χ0) is 14.5. The van der Waals surface area contributed by atoms with E-state index in [4.69, 9.17) is 5.73 Å². The number of hydrogen-bond acceptors (Lipinski definition) is 2. The van der Waals surface area contributed by atoms with Crippen LogP contribution in [-0.4, -0.2) is 13.6 Å². The Bertz CT molecular complexity index is 552. The Morgan fingerprint density at radius 2 is 1.85 bits per heavy atom. The van der Waals surface area contributed by atoms with Gasteiger partial charge in [0.1, 0.15) is 5.82 Å². The van der Waals surface area contributed by atoms with E-state index in [1.54, 1.807) is 6.07 Å². The highest BCUT2D eigenvalue weighted by molar-refractivity contribution is 5.54. The molecule has 1 atom stereocenters. The van der Waals surface area contributed by atoms with Crippen molar-refractivity contribution in [2.24, 2.45) is 5.73 Å². The fourth-order valence-corrected chi connectivity index (χ4v) is 2.30. The molecule has 0 spiro atoms. The average Bonchev–Trinajstić information content (AvgIpc) is 2.45. The van der Waals surface area contributed by atoms with Gasteiger partial charge in [-0.15, -0.1) is 0 Å². The Labute approximate surface area is 120 Å². The largest absolute Gasteiger partial charge is 0.374 e. The van der Waals surface area contributed by atoms with Gasteiger partial charge in [-0.05, 0) is 42.7 Å². The van der Waals surface area contributed by atoms with Crippen LogP contribution in [0.3, 0.4) is 0 Å². The van der Waals surface area contributed by atoms with Crippen LogP contribution in [0.25, 0.3) is 0 Å². The molecule has 0 fully saturated rings. The van der Waals surface area contributed by atoms with Crippen molar-refractivity contribution in [2.75, 3.05) is 18.5 Å². The zero-order valence-electron chi connectivity index (χ0n) is 12.0. The summed E-state index contributed by atoms with van der Waals surface area (Å²) in [6.45, 7) is 2.75. The predicted molar refractivity (Wildman–Crippen MR) is 82.4 cm³/mol. The van der Waals surface area contributed by atoms with Gasteiger partial charge in [0, 0.05) is 25.3 Å². The van der Waals surface area contributed by atoms with Crippen LogP contribution in [0.4, 0.5) is 10.1 Å². The van der Waals surface area contributed by atoms with E-state index in [1.165, 1.54) is 17.7 Å². The van der Waals surface area contributed by atoms with Crippen LogP contribution < -0.4 is 10.6 Å². The van der Waals surface area contributed by atoms with Gasteiger partial charge in [0.05, 0.1) is 0 Å². The summed E-state index contributed by atoms with van der Waals surface area (Å²) in [5, 5.41) is 0. The van der Waals surface area contributed by atoms with Crippen molar-refractivity contribution in [3.05, 3.63) is 65.5 Å². The van der Waals surface area contributed by atoms with Crippen molar-refractivity contribution in [3.63, 3.8) is 0 Å². The monoisotopic (exact) mass is 272 g/mol. The maximum absolute atomic E-state index is 13.3. The Balaban J connectivity index is 2.11. The second-order valence-electron chi connectivity index (χ2n) is 5.15. The number of halogens is 1. The molecule has 2 N–H and O–H groups in total. The Kier molecular flexibility index (Phi) is 4.74. The van der Waals surface area contributed by atoms with Gasteiger partial charge in [-0.25, -0.2) is 4.39 Å². The van der Waals surface area contributed by atoms with Gasteiger partial charge in [-0.2, -0.15) is 0 Å². The smallest absolute Gasteiger partial charge is 0.123 e. The summed E-state index contributed by atoms with van der Waals surface area (Å²) in [5.41, 5.74) is 9.08. The molecule has 0 bridgehead atoms. The van der Waals surface area contributed by atoms with Crippen molar-refractivity contribution in [2.45, 2.75) is 19.4 Å². The number of likely N-dealkylation sites (N-methyl/N-ethyl adjacent to an activating group) is 1. The molecular formula is C17H21FN2. The number of hydrogen-bond donors (Lipinski definition) is 1. The molecule has 0 amide bonds. The minimum atomic E-state index is -0.238. The molecule has 0 saturated heterocycles. The highest BCUT2D eigenvalue weighted by Crippen LogP contribution is 2.25. The number of nitrogens with two attached hydrogens (primary N) is 1. The van der Waals surface area contributed by atoms with Crippen LogP contribution in [0.5, 0.6) is 0 Å². The van der Waals surface area contributed by atoms with E-state index >= 15 is 0 Å². The fourth-order valence-electron chi connectivity index (χ4n) is 2.30. The SMILES string of the molecule is C[C@@H](N)c1cc(F)ccc1N(C)CCc1ccccc1. The second-order valence-corrected chi connectivity index (χ2v) is 5.15. The third kappa shape index (κ3) is 3.58. The molecule has 20 heavy (non-hydrogen) atoms. The summed E-state index contributed by atoms with van der Waals surface area (Å²) in [6.07, 6.45) is 0.951. The van der Waals surface area contributed by atoms with Gasteiger partial charge < -0.3 is 10.6 Å². The number of anilines is 1. The first-order chi connectivity index (χ1) is 9.58. The minimum absolute atomic E-state index is 0.181. The molecule has 0 aliphatic rings. The number of benzene rings is 2. The van der Waals surface area contributed by atoms with E-state index in [0.29, 0.717) is 0 Å². The molecule has 0 heterocycles. The van der Waals surface area contributed by atoms with Crippen molar-refractivity contribution in [3.8, 4) is 0 Å². The topological polar surface area (TPSA) is 29.3 Å². The lowest BCUT2D eigenvalue weighted by atomic mass is 10.1. The first-order valence-corrected chi connectivity index (χ1v) is 6.88. The van der Waals surface area contributed by atoms with E-state index in [2.05, 4.69) is 17.0 Å². The molecule has 0 aliphatic carbocycles. The van der Waals surface area contributed by atoms with Crippen LogP contribution >= 0.6 is 0 Å². The zero-order valence-corrected chi connectivity index (χ0v) is 12.0. The molecular weight excluding hydrogens is 251 g/mol. The highest BCUT2D eigenvalue weighted by Gasteiger charge is 2.12. The second kappa shape index (κ2) is 6.53. The number of nitrogens with zero attached hydrogens (tertiary/aromatic N) is 1. The quantitative estimate of drug-likeness (QED) is 0.902. The summed E-state index contributed by atoms with van der Waals surface area (Å²) >= 11 is 0. The van der Waals surface area contributed by atoms with Gasteiger partial charge in [-0.3, -0.25) is 0 Å². The van der Waals surface area contributed by atoms with E-state index in [1.807, 2.05) is 32.2 Å². The van der Waals surface area contributed by atoms with Crippen LogP contribution in [0.2, 0.25) is 0 Å². The summed E-state index contributed by atoms with van der Waals surface area (Å²) < 4.78 is 13.3. The molecule has 2 aromatic carbocycles. The van der Waals surface area contributed by atoms with Crippen molar-refractivity contribution >= 4 is 5.69 Å². The lowest BCUT2D eigenvalue weighted by Gasteiger charge is -2.24.